The summed E-state index contributed by atoms with van der Waals surface area (Å²) in [6.07, 6.45) is 0. The Kier molecular flexibility index (Phi) is 7.87. The van der Waals surface area contributed by atoms with E-state index in [0.717, 1.165) is 109 Å². The first-order valence-electron chi connectivity index (χ1n) is 16.8. The fourth-order valence-corrected chi connectivity index (χ4v) is 6.96. The highest BCUT2D eigenvalue weighted by Crippen LogP contribution is 2.36. The number of hydrogen-bond acceptors (Lipinski definition) is 6. The van der Waals surface area contributed by atoms with Crippen LogP contribution in [0.2, 0.25) is 0 Å². The SMILES string of the molecule is Brc1ccc(N(c2ccccc2)c2ccc(N=c3cc(-c4ccc5nc(N6CCNCC6)[nH]c5c4)oc4cc5ccccc5cc34)cc2)cc1. The molecule has 8 heteroatoms. The molecule has 6 aromatic carbocycles. The molecule has 0 atom stereocenters. The quantitative estimate of drug-likeness (QED) is 0.168. The third-order valence-electron chi connectivity index (χ3n) is 9.24. The zero-order valence-electron chi connectivity index (χ0n) is 27.2. The maximum Gasteiger partial charge on any atom is 0.203 e. The van der Waals surface area contributed by atoms with Gasteiger partial charge in [0, 0.05) is 64.7 Å². The second-order valence-corrected chi connectivity index (χ2v) is 13.4. The van der Waals surface area contributed by atoms with E-state index in [1.165, 1.54) is 0 Å². The fraction of sp³-hybridized carbons (Fsp3) is 0.0952. The summed E-state index contributed by atoms with van der Waals surface area (Å²) in [5, 5.41) is 7.48. The minimum absolute atomic E-state index is 0.744. The number of benzene rings is 6. The predicted molar refractivity (Wildman–Crippen MR) is 208 cm³/mol. The molecule has 50 heavy (non-hydrogen) atoms. The molecule has 244 valence electrons. The minimum atomic E-state index is 0.744. The lowest BCUT2D eigenvalue weighted by Crippen LogP contribution is -2.44. The third kappa shape index (κ3) is 5.93. The fourth-order valence-electron chi connectivity index (χ4n) is 6.69. The Hall–Kier alpha value is -5.70. The summed E-state index contributed by atoms with van der Waals surface area (Å²) in [6, 6.07) is 48.2. The number of piperazine rings is 1. The van der Waals surface area contributed by atoms with Crippen LogP contribution in [0, 0.1) is 0 Å². The van der Waals surface area contributed by atoms with E-state index in [9.17, 15) is 0 Å². The van der Waals surface area contributed by atoms with Crippen LogP contribution >= 0.6 is 15.9 Å². The van der Waals surface area contributed by atoms with Gasteiger partial charge in [-0.05, 0) is 102 Å². The van der Waals surface area contributed by atoms with Crippen molar-refractivity contribution in [2.75, 3.05) is 36.0 Å². The Labute approximate surface area is 297 Å². The summed E-state index contributed by atoms with van der Waals surface area (Å²) in [5.41, 5.74) is 7.72. The topological polar surface area (TPSA) is 72.7 Å². The monoisotopic (exact) mass is 716 g/mol. The van der Waals surface area contributed by atoms with Crippen LogP contribution in [-0.4, -0.2) is 36.1 Å². The average Bonchev–Trinajstić information content (AvgIpc) is 3.60. The van der Waals surface area contributed by atoms with Crippen molar-refractivity contribution in [1.29, 1.82) is 0 Å². The number of imidazole rings is 1. The molecule has 0 aliphatic carbocycles. The molecule has 0 saturated carbocycles. The van der Waals surface area contributed by atoms with E-state index in [4.69, 9.17) is 14.4 Å². The zero-order valence-corrected chi connectivity index (χ0v) is 28.8. The molecule has 0 bridgehead atoms. The Balaban J connectivity index is 1.14. The molecule has 1 fully saturated rings. The summed E-state index contributed by atoms with van der Waals surface area (Å²) in [4.78, 5) is 18.2. The van der Waals surface area contributed by atoms with Crippen LogP contribution in [0.25, 0.3) is 44.1 Å². The molecule has 3 heterocycles. The van der Waals surface area contributed by atoms with Crippen LogP contribution in [0.5, 0.6) is 0 Å². The molecular formula is C42H33BrN6O. The number of aromatic amines is 1. The molecule has 0 radical (unpaired) electrons. The number of hydrogen-bond donors (Lipinski definition) is 2. The molecule has 2 aromatic heterocycles. The van der Waals surface area contributed by atoms with Crippen molar-refractivity contribution in [3.05, 3.63) is 149 Å². The highest BCUT2D eigenvalue weighted by Gasteiger charge is 2.16. The number of nitrogens with one attached hydrogen (secondary N) is 2. The average molecular weight is 718 g/mol. The first kappa shape index (κ1) is 30.4. The molecule has 9 rings (SSSR count). The number of aromatic nitrogens is 2. The maximum atomic E-state index is 6.64. The summed E-state index contributed by atoms with van der Waals surface area (Å²) in [5.74, 6) is 1.65. The van der Waals surface area contributed by atoms with Crippen molar-refractivity contribution in [3.63, 3.8) is 0 Å². The molecule has 1 aliphatic rings. The number of fused-ring (bicyclic) bond motifs is 3. The molecular weight excluding hydrogens is 684 g/mol. The number of anilines is 4. The number of nitrogens with zero attached hydrogens (tertiary/aromatic N) is 4. The zero-order chi connectivity index (χ0) is 33.4. The molecule has 0 spiro atoms. The van der Waals surface area contributed by atoms with E-state index in [0.29, 0.717) is 0 Å². The Bertz CT molecular complexity index is 2540. The van der Waals surface area contributed by atoms with Crippen LogP contribution < -0.4 is 20.5 Å². The van der Waals surface area contributed by atoms with Crippen LogP contribution in [0.1, 0.15) is 0 Å². The first-order chi connectivity index (χ1) is 24.6. The van der Waals surface area contributed by atoms with Gasteiger partial charge in [-0.15, -0.1) is 0 Å². The van der Waals surface area contributed by atoms with E-state index < -0.39 is 0 Å². The highest BCUT2D eigenvalue weighted by atomic mass is 79.9. The van der Waals surface area contributed by atoms with E-state index in [1.54, 1.807) is 0 Å². The number of para-hydroxylation sites is 1. The molecule has 8 aromatic rings. The van der Waals surface area contributed by atoms with Crippen molar-refractivity contribution in [2.45, 2.75) is 0 Å². The van der Waals surface area contributed by atoms with Gasteiger partial charge in [0.05, 0.1) is 22.1 Å². The van der Waals surface area contributed by atoms with E-state index in [2.05, 4.69) is 169 Å². The van der Waals surface area contributed by atoms with Crippen molar-refractivity contribution in [2.24, 2.45) is 4.99 Å². The standard InChI is InChI=1S/C42H33BrN6O/c43-31-11-15-34(16-12-31)49(33-8-2-1-3-9-33)35-17-13-32(14-18-35)45-38-27-40(50-41-26-29-7-5-4-6-28(29)24-36(38)41)30-10-19-37-39(25-30)47-42(46-37)48-22-20-44-21-23-48/h1-19,24-27,44H,20-23H2,(H,46,47). The third-order valence-corrected chi connectivity index (χ3v) is 9.77. The van der Waals surface area contributed by atoms with Gasteiger partial charge in [-0.1, -0.05) is 58.4 Å². The summed E-state index contributed by atoms with van der Waals surface area (Å²) < 4.78 is 7.68. The van der Waals surface area contributed by atoms with E-state index in [-0.39, 0.29) is 0 Å². The normalized spacial score (nSPS) is 13.8. The predicted octanol–water partition coefficient (Wildman–Crippen LogP) is 10.0. The smallest absolute Gasteiger partial charge is 0.203 e. The van der Waals surface area contributed by atoms with Crippen LogP contribution in [-0.2, 0) is 0 Å². The Morgan fingerprint density at radius 1 is 0.700 bits per heavy atom. The van der Waals surface area contributed by atoms with Crippen molar-refractivity contribution < 1.29 is 4.42 Å². The lowest BCUT2D eigenvalue weighted by molar-refractivity contribution is 0.582. The number of halogens is 1. The van der Waals surface area contributed by atoms with Crippen LogP contribution in [0.4, 0.5) is 28.7 Å². The van der Waals surface area contributed by atoms with Crippen LogP contribution in [0.15, 0.2) is 153 Å². The molecule has 7 nitrogen and oxygen atoms in total. The van der Waals surface area contributed by atoms with Gasteiger partial charge < -0.3 is 24.5 Å². The molecule has 0 unspecified atom stereocenters. The van der Waals surface area contributed by atoms with Gasteiger partial charge in [0.25, 0.3) is 0 Å². The summed E-state index contributed by atoms with van der Waals surface area (Å²) in [7, 11) is 0. The Morgan fingerprint density at radius 3 is 2.14 bits per heavy atom. The van der Waals surface area contributed by atoms with Gasteiger partial charge in [-0.2, -0.15) is 0 Å². The van der Waals surface area contributed by atoms with Gasteiger partial charge in [-0.25, -0.2) is 9.98 Å². The lowest BCUT2D eigenvalue weighted by Gasteiger charge is -2.26. The van der Waals surface area contributed by atoms with Gasteiger partial charge in [0.1, 0.15) is 11.3 Å². The molecule has 1 saturated heterocycles. The van der Waals surface area contributed by atoms with E-state index >= 15 is 0 Å². The lowest BCUT2D eigenvalue weighted by atomic mass is 10.1. The number of rotatable bonds is 6. The van der Waals surface area contributed by atoms with Gasteiger partial charge in [0.15, 0.2) is 0 Å². The van der Waals surface area contributed by atoms with E-state index in [1.807, 2.05) is 6.07 Å². The molecule has 0 amide bonds. The highest BCUT2D eigenvalue weighted by molar-refractivity contribution is 9.10. The molecule has 2 N–H and O–H groups in total. The van der Waals surface area contributed by atoms with Gasteiger partial charge in [0.2, 0.25) is 5.95 Å². The minimum Gasteiger partial charge on any atom is -0.456 e. The second-order valence-electron chi connectivity index (χ2n) is 12.5. The summed E-state index contributed by atoms with van der Waals surface area (Å²) >= 11 is 3.58. The van der Waals surface area contributed by atoms with Gasteiger partial charge in [-0.3, -0.25) is 0 Å². The van der Waals surface area contributed by atoms with Crippen molar-refractivity contribution in [3.8, 4) is 11.3 Å². The van der Waals surface area contributed by atoms with Crippen molar-refractivity contribution >= 4 is 77.4 Å². The van der Waals surface area contributed by atoms with Crippen molar-refractivity contribution in [1.82, 2.24) is 15.3 Å². The maximum absolute atomic E-state index is 6.64. The number of H-pyrrole nitrogens is 1. The Morgan fingerprint density at radius 2 is 1.38 bits per heavy atom. The first-order valence-corrected chi connectivity index (χ1v) is 17.6. The van der Waals surface area contributed by atoms with Gasteiger partial charge >= 0.3 is 0 Å². The summed E-state index contributed by atoms with van der Waals surface area (Å²) in [6.45, 7) is 3.78. The second kappa shape index (κ2) is 13.0. The van der Waals surface area contributed by atoms with Crippen LogP contribution in [0.3, 0.4) is 0 Å². The molecule has 1 aliphatic heterocycles. The largest absolute Gasteiger partial charge is 0.456 e.